The number of aromatic nitrogens is 3. The zero-order valence-corrected chi connectivity index (χ0v) is 17.3. The molecule has 1 amide bonds. The van der Waals surface area contributed by atoms with Gasteiger partial charge in [-0.05, 0) is 18.2 Å². The number of carbonyl (C=O) groups excluding carboxylic acids is 1. The minimum Gasteiger partial charge on any atom is -0.334 e. The number of halogens is 4. The van der Waals surface area contributed by atoms with Crippen molar-refractivity contribution in [1.82, 2.24) is 14.9 Å². The Morgan fingerprint density at radius 1 is 1.20 bits per heavy atom. The topological polar surface area (TPSA) is 110 Å². The number of rotatable bonds is 7. The zero-order valence-electron chi connectivity index (χ0n) is 14.9. The Bertz CT molecular complexity index is 1090. The van der Waals surface area contributed by atoms with E-state index in [0.29, 0.717) is 15.6 Å². The van der Waals surface area contributed by atoms with E-state index in [1.807, 2.05) is 0 Å². The van der Waals surface area contributed by atoms with Gasteiger partial charge in [0.25, 0.3) is 5.95 Å². The number of hydrogen-bond donors (Lipinski definition) is 3. The summed E-state index contributed by atoms with van der Waals surface area (Å²) < 4.78 is 28.2. The molecule has 3 rings (SSSR count). The van der Waals surface area contributed by atoms with Crippen molar-refractivity contribution in [3.05, 3.63) is 63.6 Å². The van der Waals surface area contributed by atoms with Gasteiger partial charge >= 0.3 is 0 Å². The summed E-state index contributed by atoms with van der Waals surface area (Å²) in [5.74, 6) is 3.35. The monoisotopic (exact) mass is 471 g/mol. The van der Waals surface area contributed by atoms with Crippen molar-refractivity contribution in [2.24, 2.45) is 5.10 Å². The lowest BCUT2D eigenvalue weighted by Crippen LogP contribution is -2.18. The Balaban J connectivity index is 1.58. The Kier molecular flexibility index (Phi) is 7.08. The van der Waals surface area contributed by atoms with Crippen LogP contribution < -0.4 is 16.6 Å². The van der Waals surface area contributed by atoms with E-state index < -0.39 is 23.2 Å². The first kappa shape index (κ1) is 21.8. The average Bonchev–Trinajstić information content (AvgIpc) is 3.06. The third-order valence-corrected chi connectivity index (χ3v) is 5.35. The molecule has 0 saturated heterocycles. The minimum absolute atomic E-state index is 0.0902. The zero-order chi connectivity index (χ0) is 21.7. The van der Waals surface area contributed by atoms with Crippen molar-refractivity contribution in [1.29, 1.82) is 0 Å². The van der Waals surface area contributed by atoms with E-state index in [1.54, 1.807) is 18.2 Å². The molecule has 4 N–H and O–H groups in total. The molecule has 0 radical (unpaired) electrons. The second kappa shape index (κ2) is 9.74. The van der Waals surface area contributed by atoms with Crippen molar-refractivity contribution in [2.45, 2.75) is 5.16 Å². The molecule has 0 bridgehead atoms. The number of para-hydroxylation sites is 1. The highest BCUT2D eigenvalue weighted by Gasteiger charge is 2.15. The second-order valence-corrected chi connectivity index (χ2v) is 7.35. The maximum Gasteiger partial charge on any atom is 0.264 e. The summed E-state index contributed by atoms with van der Waals surface area (Å²) in [7, 11) is 0. The fourth-order valence-corrected chi connectivity index (χ4v) is 3.17. The fourth-order valence-electron chi connectivity index (χ4n) is 2.15. The number of amides is 1. The van der Waals surface area contributed by atoms with Crippen LogP contribution in [0.2, 0.25) is 10.0 Å². The van der Waals surface area contributed by atoms with Crippen LogP contribution in [0.15, 0.2) is 46.7 Å². The van der Waals surface area contributed by atoms with Crippen LogP contribution in [0.1, 0.15) is 5.56 Å². The highest BCUT2D eigenvalue weighted by Crippen LogP contribution is 2.24. The maximum atomic E-state index is 13.6. The predicted octanol–water partition coefficient (Wildman–Crippen LogP) is 3.75. The molecule has 0 unspecified atom stereocenters. The lowest BCUT2D eigenvalue weighted by molar-refractivity contribution is -0.113. The number of benzene rings is 2. The molecule has 13 heteroatoms. The first-order chi connectivity index (χ1) is 14.4. The smallest absolute Gasteiger partial charge is 0.264 e. The van der Waals surface area contributed by atoms with Crippen LogP contribution in [0.4, 0.5) is 20.4 Å². The molecule has 0 aliphatic heterocycles. The lowest BCUT2D eigenvalue weighted by atomic mass is 10.2. The van der Waals surface area contributed by atoms with E-state index in [1.165, 1.54) is 12.3 Å². The number of nitrogen functional groups attached to an aromatic ring is 1. The van der Waals surface area contributed by atoms with Crippen molar-refractivity contribution in [2.75, 3.05) is 22.3 Å². The van der Waals surface area contributed by atoms with E-state index >= 15 is 0 Å². The van der Waals surface area contributed by atoms with E-state index in [-0.39, 0.29) is 16.9 Å². The molecule has 2 aromatic carbocycles. The number of thioether (sulfide) groups is 1. The van der Waals surface area contributed by atoms with Gasteiger partial charge in [-0.25, -0.2) is 18.9 Å². The van der Waals surface area contributed by atoms with Crippen molar-refractivity contribution in [3.8, 4) is 0 Å². The number of hydrazone groups is 1. The molecule has 0 spiro atoms. The van der Waals surface area contributed by atoms with Gasteiger partial charge in [0.2, 0.25) is 11.1 Å². The van der Waals surface area contributed by atoms with Gasteiger partial charge in [0.05, 0.1) is 22.0 Å². The van der Waals surface area contributed by atoms with Crippen LogP contribution in [0.25, 0.3) is 0 Å². The molecule has 8 nitrogen and oxygen atoms in total. The number of carbonyl (C=O) groups is 1. The minimum atomic E-state index is -0.875. The van der Waals surface area contributed by atoms with Crippen LogP contribution in [0.3, 0.4) is 0 Å². The molecule has 1 aromatic heterocycles. The van der Waals surface area contributed by atoms with Gasteiger partial charge < -0.3 is 11.2 Å². The predicted molar refractivity (Wildman–Crippen MR) is 114 cm³/mol. The Morgan fingerprint density at radius 3 is 2.63 bits per heavy atom. The molecular weight excluding hydrogens is 459 g/mol. The summed E-state index contributed by atoms with van der Waals surface area (Å²) in [4.78, 5) is 12.0. The number of anilines is 2. The first-order valence-electron chi connectivity index (χ1n) is 8.17. The fraction of sp³-hybridized carbons (Fsp3) is 0.0588. The number of nitrogens with two attached hydrogens (primary N) is 1. The largest absolute Gasteiger partial charge is 0.334 e. The molecule has 0 aliphatic rings. The summed E-state index contributed by atoms with van der Waals surface area (Å²) in [5.41, 5.74) is 2.65. The Morgan fingerprint density at radius 2 is 1.90 bits per heavy atom. The van der Waals surface area contributed by atoms with Crippen LogP contribution in [0.5, 0.6) is 0 Å². The van der Waals surface area contributed by atoms with E-state index in [2.05, 4.69) is 26.0 Å². The van der Waals surface area contributed by atoms with Gasteiger partial charge in [0.15, 0.2) is 0 Å². The standard InChI is InChI=1S/C17H13Cl2F2N7OS/c18-10-4-1-3-9(14(10)19)7-23-25-16-26-27-17(28(16)22)30-8-13(29)24-15-11(20)5-2-6-12(15)21/h1-7H,8,22H2,(H,24,29)(H,25,26)/b23-7+. The van der Waals surface area contributed by atoms with Crippen molar-refractivity contribution < 1.29 is 13.6 Å². The molecule has 30 heavy (non-hydrogen) atoms. The Hall–Kier alpha value is -2.89. The summed E-state index contributed by atoms with van der Waals surface area (Å²) in [6.07, 6.45) is 1.42. The van der Waals surface area contributed by atoms with Crippen LogP contribution in [0, 0.1) is 11.6 Å². The van der Waals surface area contributed by atoms with Gasteiger partial charge in [0, 0.05) is 5.56 Å². The third-order valence-electron chi connectivity index (χ3n) is 3.57. The molecule has 0 saturated carbocycles. The van der Waals surface area contributed by atoms with Crippen molar-refractivity contribution >= 4 is 58.7 Å². The van der Waals surface area contributed by atoms with Gasteiger partial charge in [-0.2, -0.15) is 5.10 Å². The van der Waals surface area contributed by atoms with Gasteiger partial charge in [-0.1, -0.05) is 53.2 Å². The lowest BCUT2D eigenvalue weighted by Gasteiger charge is -2.07. The van der Waals surface area contributed by atoms with Crippen LogP contribution in [-0.2, 0) is 4.79 Å². The average molecular weight is 472 g/mol. The summed E-state index contributed by atoms with van der Waals surface area (Å²) in [5, 5.41) is 14.7. The number of hydrogen-bond acceptors (Lipinski definition) is 7. The molecule has 0 fully saturated rings. The van der Waals surface area contributed by atoms with Crippen LogP contribution in [-0.4, -0.2) is 32.7 Å². The second-order valence-electron chi connectivity index (χ2n) is 5.62. The summed E-state index contributed by atoms with van der Waals surface area (Å²) >= 11 is 12.9. The highest BCUT2D eigenvalue weighted by molar-refractivity contribution is 7.99. The third kappa shape index (κ3) is 5.17. The molecule has 3 aromatic rings. The first-order valence-corrected chi connectivity index (χ1v) is 9.91. The van der Waals surface area contributed by atoms with E-state index in [4.69, 9.17) is 29.0 Å². The number of nitrogens with zero attached hydrogens (tertiary/aromatic N) is 4. The van der Waals surface area contributed by atoms with E-state index in [0.717, 1.165) is 28.6 Å². The molecule has 156 valence electrons. The normalized spacial score (nSPS) is 11.1. The maximum absolute atomic E-state index is 13.6. The van der Waals surface area contributed by atoms with Crippen LogP contribution >= 0.6 is 35.0 Å². The van der Waals surface area contributed by atoms with Gasteiger partial charge in [-0.15, -0.1) is 10.2 Å². The van der Waals surface area contributed by atoms with Crippen molar-refractivity contribution in [3.63, 3.8) is 0 Å². The summed E-state index contributed by atoms with van der Waals surface area (Å²) in [6.45, 7) is 0. The molecular formula is C17H13Cl2F2N7OS. The Labute approximate surface area is 183 Å². The summed E-state index contributed by atoms with van der Waals surface area (Å²) in [6, 6.07) is 8.35. The van der Waals surface area contributed by atoms with Gasteiger partial charge in [-0.3, -0.25) is 4.79 Å². The molecule has 0 aliphatic carbocycles. The quantitative estimate of drug-likeness (QED) is 0.209. The molecule has 1 heterocycles. The molecule has 0 atom stereocenters. The highest BCUT2D eigenvalue weighted by atomic mass is 35.5. The van der Waals surface area contributed by atoms with E-state index in [9.17, 15) is 13.6 Å². The number of nitrogens with one attached hydrogen (secondary N) is 2. The van der Waals surface area contributed by atoms with Gasteiger partial charge in [0.1, 0.15) is 17.3 Å². The SMILES string of the molecule is Nn1c(N/N=C/c2cccc(Cl)c2Cl)nnc1SCC(=O)Nc1c(F)cccc1F.